The van der Waals surface area contributed by atoms with Crippen LogP contribution in [0.25, 0.3) is 0 Å². The summed E-state index contributed by atoms with van der Waals surface area (Å²) in [5.74, 6) is -0.830. The molecule has 0 aliphatic heterocycles. The van der Waals surface area contributed by atoms with E-state index in [1.807, 2.05) is 0 Å². The van der Waals surface area contributed by atoms with Gasteiger partial charge in [-0.1, -0.05) is 32.9 Å². The molecule has 0 aliphatic carbocycles. The first-order valence-electron chi connectivity index (χ1n) is 6.26. The van der Waals surface area contributed by atoms with Crippen LogP contribution in [-0.2, 0) is 9.22 Å². The van der Waals surface area contributed by atoms with E-state index in [2.05, 4.69) is 40.4 Å². The molecule has 0 spiro atoms. The van der Waals surface area contributed by atoms with Gasteiger partial charge in [-0.05, 0) is 24.6 Å². The Kier molecular flexibility index (Phi) is 6.56. The van der Waals surface area contributed by atoms with Gasteiger partial charge in [0.1, 0.15) is 0 Å². The fourth-order valence-corrected chi connectivity index (χ4v) is 2.23. The van der Waals surface area contributed by atoms with Crippen molar-refractivity contribution in [2.24, 2.45) is 5.92 Å². The summed E-state index contributed by atoms with van der Waals surface area (Å²) < 4.78 is 6.09. The molecule has 4 heteroatoms. The van der Waals surface area contributed by atoms with Crippen molar-refractivity contribution in [2.45, 2.75) is 45.3 Å². The van der Waals surface area contributed by atoms with E-state index < -0.39 is 14.3 Å². The van der Waals surface area contributed by atoms with E-state index in [4.69, 9.17) is 9.53 Å². The van der Waals surface area contributed by atoms with Crippen LogP contribution in [0.4, 0.5) is 0 Å². The summed E-state index contributed by atoms with van der Waals surface area (Å²) >= 11 is 0. The van der Waals surface area contributed by atoms with Crippen LogP contribution < -0.4 is 0 Å². The Hall–Kier alpha value is -0.873. The van der Waals surface area contributed by atoms with Crippen LogP contribution >= 0.6 is 0 Å². The van der Waals surface area contributed by atoms with Gasteiger partial charge in [-0.3, -0.25) is 0 Å². The fraction of sp³-hybridized carbons (Fsp3) is 0.643. The number of carboxylic acid groups (broad SMARTS) is 1. The normalized spacial score (nSPS) is 14.7. The molecule has 0 heterocycles. The number of aliphatic carboxylic acids is 1. The molecule has 3 nitrogen and oxygen atoms in total. The molecule has 0 radical (unpaired) electrons. The lowest BCUT2D eigenvalue weighted by Gasteiger charge is -2.37. The van der Waals surface area contributed by atoms with Crippen molar-refractivity contribution in [2.75, 3.05) is 6.61 Å². The molecule has 0 rings (SSSR count). The zero-order valence-electron chi connectivity index (χ0n) is 12.2. The number of carboxylic acids is 1. The number of rotatable bonds is 7. The summed E-state index contributed by atoms with van der Waals surface area (Å²) in [7, 11) is -1.77. The van der Waals surface area contributed by atoms with Crippen molar-refractivity contribution in [3.63, 3.8) is 0 Å². The molecule has 18 heavy (non-hydrogen) atoms. The van der Waals surface area contributed by atoms with E-state index in [-0.39, 0.29) is 11.0 Å². The molecule has 0 saturated heterocycles. The highest BCUT2D eigenvalue weighted by Crippen LogP contribution is 2.36. The quantitative estimate of drug-likeness (QED) is 0.434. The average molecular weight is 270 g/mol. The highest BCUT2D eigenvalue weighted by atomic mass is 28.4. The predicted octanol–water partition coefficient (Wildman–Crippen LogP) is 3.84. The van der Waals surface area contributed by atoms with Gasteiger partial charge in [0.2, 0.25) is 0 Å². The zero-order chi connectivity index (χ0) is 14.4. The maximum absolute atomic E-state index is 10.5. The summed E-state index contributed by atoms with van der Waals surface area (Å²) in [5.41, 5.74) is 0. The summed E-state index contributed by atoms with van der Waals surface area (Å²) in [4.78, 5) is 10.5. The zero-order valence-corrected chi connectivity index (χ0v) is 13.2. The van der Waals surface area contributed by atoms with Crippen molar-refractivity contribution in [3.05, 3.63) is 24.8 Å². The van der Waals surface area contributed by atoms with Crippen LogP contribution in [0.3, 0.4) is 0 Å². The average Bonchev–Trinajstić information content (AvgIpc) is 2.20. The second-order valence-electron chi connectivity index (χ2n) is 6.05. The molecular weight excluding hydrogens is 244 g/mol. The van der Waals surface area contributed by atoms with E-state index in [0.29, 0.717) is 6.61 Å². The summed E-state index contributed by atoms with van der Waals surface area (Å²) in [6, 6.07) is 0. The van der Waals surface area contributed by atoms with Crippen LogP contribution in [0.1, 0.15) is 27.2 Å². The first-order chi connectivity index (χ1) is 8.10. The number of carbonyl (C=O) groups is 1. The highest BCUT2D eigenvalue weighted by molar-refractivity contribution is 6.74. The molecule has 1 unspecified atom stereocenters. The SMILES string of the molecule is C=CCC(C=CC(=O)O)CO[Si](C)(C)C(C)(C)C. The van der Waals surface area contributed by atoms with Gasteiger partial charge in [0.25, 0.3) is 0 Å². The van der Waals surface area contributed by atoms with Crippen molar-refractivity contribution < 1.29 is 14.3 Å². The largest absolute Gasteiger partial charge is 0.478 e. The van der Waals surface area contributed by atoms with Gasteiger partial charge >= 0.3 is 5.97 Å². The second kappa shape index (κ2) is 6.90. The molecule has 0 aromatic carbocycles. The minimum Gasteiger partial charge on any atom is -0.478 e. The molecule has 1 N–H and O–H groups in total. The van der Waals surface area contributed by atoms with Gasteiger partial charge in [0.05, 0.1) is 0 Å². The Bertz CT molecular complexity index is 313. The van der Waals surface area contributed by atoms with Crippen LogP contribution in [0, 0.1) is 5.92 Å². The van der Waals surface area contributed by atoms with Crippen LogP contribution in [0.15, 0.2) is 24.8 Å². The van der Waals surface area contributed by atoms with Gasteiger partial charge < -0.3 is 9.53 Å². The van der Waals surface area contributed by atoms with Crippen LogP contribution in [-0.4, -0.2) is 26.0 Å². The van der Waals surface area contributed by atoms with E-state index in [1.165, 1.54) is 6.08 Å². The Morgan fingerprint density at radius 1 is 1.44 bits per heavy atom. The third-order valence-corrected chi connectivity index (χ3v) is 7.95. The Balaban J connectivity index is 4.53. The number of hydrogen-bond donors (Lipinski definition) is 1. The summed E-state index contributed by atoms with van der Waals surface area (Å²) in [6.45, 7) is 15.2. The third kappa shape index (κ3) is 6.17. The summed E-state index contributed by atoms with van der Waals surface area (Å²) in [5, 5.41) is 8.81. The Morgan fingerprint density at radius 2 is 2.00 bits per heavy atom. The van der Waals surface area contributed by atoms with Crippen molar-refractivity contribution >= 4 is 14.3 Å². The lowest BCUT2D eigenvalue weighted by atomic mass is 10.1. The predicted molar refractivity (Wildman–Crippen MR) is 78.2 cm³/mol. The second-order valence-corrected chi connectivity index (χ2v) is 10.9. The Labute approximate surface area is 112 Å². The van der Waals surface area contributed by atoms with Gasteiger partial charge in [-0.2, -0.15) is 0 Å². The Morgan fingerprint density at radius 3 is 2.39 bits per heavy atom. The van der Waals surface area contributed by atoms with E-state index >= 15 is 0 Å². The molecule has 0 fully saturated rings. The molecule has 1 atom stereocenters. The standard InChI is InChI=1S/C14H26O3Si/c1-7-8-12(9-10-13(15)16)11-17-18(5,6)14(2,3)4/h7,9-10,12H,1,8,11H2,2-6H3,(H,15,16). The first-order valence-corrected chi connectivity index (χ1v) is 9.17. The minimum absolute atomic E-state index is 0.0905. The van der Waals surface area contributed by atoms with Crippen molar-refractivity contribution in [1.82, 2.24) is 0 Å². The monoisotopic (exact) mass is 270 g/mol. The maximum Gasteiger partial charge on any atom is 0.327 e. The maximum atomic E-state index is 10.5. The number of hydrogen-bond acceptors (Lipinski definition) is 2. The highest BCUT2D eigenvalue weighted by Gasteiger charge is 2.37. The van der Waals surface area contributed by atoms with Gasteiger partial charge in [-0.15, -0.1) is 6.58 Å². The van der Waals surface area contributed by atoms with Crippen LogP contribution in [0.5, 0.6) is 0 Å². The molecule has 0 aromatic rings. The van der Waals surface area contributed by atoms with Gasteiger partial charge in [0, 0.05) is 18.6 Å². The minimum atomic E-state index is -1.77. The topological polar surface area (TPSA) is 46.5 Å². The molecular formula is C14H26O3Si. The lowest BCUT2D eigenvalue weighted by Crippen LogP contribution is -2.41. The van der Waals surface area contributed by atoms with Crippen molar-refractivity contribution in [3.8, 4) is 0 Å². The van der Waals surface area contributed by atoms with E-state index in [0.717, 1.165) is 6.42 Å². The summed E-state index contributed by atoms with van der Waals surface area (Å²) in [6.07, 6.45) is 5.41. The van der Waals surface area contributed by atoms with E-state index in [9.17, 15) is 4.79 Å². The first kappa shape index (κ1) is 17.1. The van der Waals surface area contributed by atoms with Gasteiger partial charge in [0.15, 0.2) is 8.32 Å². The van der Waals surface area contributed by atoms with Crippen molar-refractivity contribution in [1.29, 1.82) is 0 Å². The molecule has 0 aliphatic rings. The third-order valence-electron chi connectivity index (χ3n) is 3.44. The lowest BCUT2D eigenvalue weighted by molar-refractivity contribution is -0.131. The van der Waals surface area contributed by atoms with Crippen LogP contribution in [0.2, 0.25) is 18.1 Å². The molecule has 0 aromatic heterocycles. The number of allylic oxidation sites excluding steroid dienone is 1. The molecule has 104 valence electrons. The fourth-order valence-electron chi connectivity index (χ4n) is 1.17. The van der Waals surface area contributed by atoms with E-state index in [1.54, 1.807) is 12.2 Å². The molecule has 0 saturated carbocycles. The molecule has 0 bridgehead atoms. The van der Waals surface area contributed by atoms with Gasteiger partial charge in [-0.25, -0.2) is 4.79 Å². The molecule has 0 amide bonds. The smallest absolute Gasteiger partial charge is 0.327 e.